The molecular weight excluding hydrogens is 400 g/mol. The van der Waals surface area contributed by atoms with Crippen LogP contribution in [0.3, 0.4) is 0 Å². The average molecular weight is 422 g/mol. The molecule has 2 rings (SSSR count). The van der Waals surface area contributed by atoms with Crippen molar-refractivity contribution in [1.82, 2.24) is 0 Å². The first-order valence-electron chi connectivity index (χ1n) is 8.38. The van der Waals surface area contributed by atoms with E-state index in [1.807, 2.05) is 0 Å². The Bertz CT molecular complexity index is 1010. The lowest BCUT2D eigenvalue weighted by Gasteiger charge is -2.24. The van der Waals surface area contributed by atoms with Crippen LogP contribution in [-0.4, -0.2) is 54.4 Å². The van der Waals surface area contributed by atoms with E-state index in [1.54, 1.807) is 18.2 Å². The number of carbonyl (C=O) groups is 2. The Morgan fingerprint density at radius 3 is 2.31 bits per heavy atom. The van der Waals surface area contributed by atoms with Gasteiger partial charge in [0.15, 0.2) is 0 Å². The van der Waals surface area contributed by atoms with Gasteiger partial charge in [-0.2, -0.15) is 0 Å². The molecule has 0 fully saturated rings. The van der Waals surface area contributed by atoms with Crippen LogP contribution in [0.1, 0.15) is 10.4 Å². The normalized spacial score (nSPS) is 10.8. The van der Waals surface area contributed by atoms with E-state index in [0.717, 1.165) is 10.6 Å². The molecule has 0 heterocycles. The molecule has 1 N–H and O–H groups in total. The molecule has 10 heteroatoms. The van der Waals surface area contributed by atoms with Crippen LogP contribution in [0.5, 0.6) is 11.5 Å². The first-order chi connectivity index (χ1) is 13.7. The summed E-state index contributed by atoms with van der Waals surface area (Å²) in [6.45, 7) is -0.544. The lowest BCUT2D eigenvalue weighted by molar-refractivity contribution is -0.114. The highest BCUT2D eigenvalue weighted by Gasteiger charge is 2.25. The first kappa shape index (κ1) is 22.0. The Morgan fingerprint density at radius 2 is 1.72 bits per heavy atom. The van der Waals surface area contributed by atoms with Gasteiger partial charge in [0, 0.05) is 6.07 Å². The monoisotopic (exact) mass is 422 g/mol. The number of nitrogens with zero attached hydrogens (tertiary/aromatic N) is 1. The molecule has 0 bridgehead atoms. The molecule has 2 aromatic carbocycles. The van der Waals surface area contributed by atoms with E-state index in [9.17, 15) is 18.0 Å². The Hall–Kier alpha value is -3.27. The van der Waals surface area contributed by atoms with Crippen molar-refractivity contribution in [3.63, 3.8) is 0 Å². The van der Waals surface area contributed by atoms with Crippen molar-refractivity contribution in [3.05, 3.63) is 48.0 Å². The minimum absolute atomic E-state index is 0.144. The molecule has 0 atom stereocenters. The second-order valence-electron chi connectivity index (χ2n) is 5.89. The molecule has 2 aromatic rings. The standard InChI is InChI=1S/C19H22N2O7S/c1-26-13-9-10-17(27-2)16(11-13)21(29(4,24)25)12-18(22)20-15-8-6-5-7-14(15)19(23)28-3/h5-11H,12H2,1-4H3,(H,20,22). The summed E-state index contributed by atoms with van der Waals surface area (Å²) < 4.78 is 40.7. The minimum atomic E-state index is -3.85. The zero-order valence-electron chi connectivity index (χ0n) is 16.5. The lowest BCUT2D eigenvalue weighted by atomic mass is 10.2. The van der Waals surface area contributed by atoms with Gasteiger partial charge < -0.3 is 19.5 Å². The topological polar surface area (TPSA) is 111 Å². The van der Waals surface area contributed by atoms with Gasteiger partial charge in [0.2, 0.25) is 15.9 Å². The number of nitrogens with one attached hydrogen (secondary N) is 1. The van der Waals surface area contributed by atoms with E-state index in [0.29, 0.717) is 5.75 Å². The summed E-state index contributed by atoms with van der Waals surface area (Å²) in [5.41, 5.74) is 0.495. The van der Waals surface area contributed by atoms with E-state index in [1.165, 1.54) is 45.6 Å². The van der Waals surface area contributed by atoms with Crippen molar-refractivity contribution in [2.45, 2.75) is 0 Å². The summed E-state index contributed by atoms with van der Waals surface area (Å²) >= 11 is 0. The van der Waals surface area contributed by atoms with Crippen molar-refractivity contribution >= 4 is 33.3 Å². The molecule has 0 radical (unpaired) electrons. The molecule has 9 nitrogen and oxygen atoms in total. The molecule has 0 spiro atoms. The van der Waals surface area contributed by atoms with E-state index < -0.39 is 28.4 Å². The van der Waals surface area contributed by atoms with Gasteiger partial charge in [-0.15, -0.1) is 0 Å². The lowest BCUT2D eigenvalue weighted by Crippen LogP contribution is -2.37. The van der Waals surface area contributed by atoms with Gasteiger partial charge in [-0.1, -0.05) is 12.1 Å². The summed E-state index contributed by atoms with van der Waals surface area (Å²) in [6, 6.07) is 10.8. The van der Waals surface area contributed by atoms with Crippen LogP contribution in [0.4, 0.5) is 11.4 Å². The second kappa shape index (κ2) is 9.28. The predicted octanol–water partition coefficient (Wildman–Crippen LogP) is 1.90. The number of anilines is 2. The van der Waals surface area contributed by atoms with Crippen molar-refractivity contribution in [3.8, 4) is 11.5 Å². The van der Waals surface area contributed by atoms with Crippen molar-refractivity contribution < 1.29 is 32.2 Å². The number of hydrogen-bond acceptors (Lipinski definition) is 7. The largest absolute Gasteiger partial charge is 0.497 e. The number of para-hydroxylation sites is 1. The molecule has 0 aliphatic carbocycles. The van der Waals surface area contributed by atoms with Crippen LogP contribution in [0, 0.1) is 0 Å². The van der Waals surface area contributed by atoms with Crippen LogP contribution >= 0.6 is 0 Å². The Balaban J connectivity index is 2.36. The molecule has 0 aliphatic rings. The zero-order chi connectivity index (χ0) is 21.6. The number of methoxy groups -OCH3 is 3. The van der Waals surface area contributed by atoms with Gasteiger partial charge in [0.25, 0.3) is 0 Å². The number of rotatable bonds is 8. The second-order valence-corrected chi connectivity index (χ2v) is 7.80. The molecule has 0 saturated heterocycles. The van der Waals surface area contributed by atoms with E-state index >= 15 is 0 Å². The highest BCUT2D eigenvalue weighted by molar-refractivity contribution is 7.92. The SMILES string of the molecule is COC(=O)c1ccccc1NC(=O)CN(c1cc(OC)ccc1OC)S(C)(=O)=O. The van der Waals surface area contributed by atoms with Crippen LogP contribution < -0.4 is 19.1 Å². The summed E-state index contributed by atoms with van der Waals surface area (Å²) in [6.07, 6.45) is 0.974. The van der Waals surface area contributed by atoms with Gasteiger partial charge in [-0.3, -0.25) is 9.10 Å². The average Bonchev–Trinajstić information content (AvgIpc) is 2.70. The maximum absolute atomic E-state index is 12.6. The van der Waals surface area contributed by atoms with Crippen molar-refractivity contribution in [2.75, 3.05) is 43.8 Å². The fraction of sp³-hybridized carbons (Fsp3) is 0.263. The number of hydrogen-bond donors (Lipinski definition) is 1. The molecule has 1 amide bonds. The highest BCUT2D eigenvalue weighted by Crippen LogP contribution is 2.33. The van der Waals surface area contributed by atoms with Crippen molar-refractivity contribution in [1.29, 1.82) is 0 Å². The Labute approximate surface area is 169 Å². The molecule has 0 unspecified atom stereocenters. The number of amides is 1. The minimum Gasteiger partial charge on any atom is -0.497 e. The van der Waals surface area contributed by atoms with E-state index in [2.05, 4.69) is 5.32 Å². The smallest absolute Gasteiger partial charge is 0.339 e. The Kier molecular flexibility index (Phi) is 7.05. The summed E-state index contributed by atoms with van der Waals surface area (Å²) in [7, 11) is 0.200. The third-order valence-electron chi connectivity index (χ3n) is 3.95. The third kappa shape index (κ3) is 5.38. The van der Waals surface area contributed by atoms with Crippen LogP contribution in [-0.2, 0) is 19.6 Å². The maximum atomic E-state index is 12.6. The van der Waals surface area contributed by atoms with E-state index in [-0.39, 0.29) is 22.7 Å². The fourth-order valence-corrected chi connectivity index (χ4v) is 3.42. The summed E-state index contributed by atoms with van der Waals surface area (Å²) in [5, 5.41) is 2.55. The fourth-order valence-electron chi connectivity index (χ4n) is 2.57. The molecule has 29 heavy (non-hydrogen) atoms. The number of ether oxygens (including phenoxy) is 3. The quantitative estimate of drug-likeness (QED) is 0.647. The molecule has 0 aromatic heterocycles. The molecular formula is C19H22N2O7S. The number of esters is 1. The van der Waals surface area contributed by atoms with Gasteiger partial charge in [-0.05, 0) is 24.3 Å². The first-order valence-corrected chi connectivity index (χ1v) is 10.2. The number of benzene rings is 2. The van der Waals surface area contributed by atoms with Crippen LogP contribution in [0.15, 0.2) is 42.5 Å². The predicted molar refractivity (Wildman–Crippen MR) is 108 cm³/mol. The molecule has 0 aliphatic heterocycles. The van der Waals surface area contributed by atoms with Crippen LogP contribution in [0.25, 0.3) is 0 Å². The summed E-state index contributed by atoms with van der Waals surface area (Å²) in [5.74, 6) is -0.642. The summed E-state index contributed by atoms with van der Waals surface area (Å²) in [4.78, 5) is 24.5. The van der Waals surface area contributed by atoms with Crippen LogP contribution in [0.2, 0.25) is 0 Å². The van der Waals surface area contributed by atoms with Gasteiger partial charge >= 0.3 is 5.97 Å². The van der Waals surface area contributed by atoms with E-state index in [4.69, 9.17) is 14.2 Å². The third-order valence-corrected chi connectivity index (χ3v) is 5.08. The van der Waals surface area contributed by atoms with Gasteiger partial charge in [0.05, 0.1) is 44.5 Å². The highest BCUT2D eigenvalue weighted by atomic mass is 32.2. The number of carbonyl (C=O) groups excluding carboxylic acids is 2. The maximum Gasteiger partial charge on any atom is 0.339 e. The number of sulfonamides is 1. The van der Waals surface area contributed by atoms with Crippen molar-refractivity contribution in [2.24, 2.45) is 0 Å². The Morgan fingerprint density at radius 1 is 1.03 bits per heavy atom. The zero-order valence-corrected chi connectivity index (χ0v) is 17.3. The molecule has 156 valence electrons. The van der Waals surface area contributed by atoms with Gasteiger partial charge in [-0.25, -0.2) is 13.2 Å². The molecule has 0 saturated carbocycles. The van der Waals surface area contributed by atoms with Gasteiger partial charge in [0.1, 0.15) is 18.0 Å².